The van der Waals surface area contributed by atoms with Crippen LogP contribution in [0.5, 0.6) is 5.75 Å². The zero-order chi connectivity index (χ0) is 13.8. The molecule has 0 bridgehead atoms. The predicted molar refractivity (Wildman–Crippen MR) is 78.2 cm³/mol. The molecule has 104 valence electrons. The first-order chi connectivity index (χ1) is 9.08. The maximum absolute atomic E-state index is 11.7. The van der Waals surface area contributed by atoms with Gasteiger partial charge in [0.05, 0.1) is 13.7 Å². The number of halogens is 1. The van der Waals surface area contributed by atoms with Gasteiger partial charge in [0.15, 0.2) is 0 Å². The molecule has 2 rings (SSSR count). The highest BCUT2D eigenvalue weighted by molar-refractivity contribution is 9.10. The van der Waals surface area contributed by atoms with Crippen LogP contribution in [0, 0.1) is 0 Å². The van der Waals surface area contributed by atoms with E-state index < -0.39 is 0 Å². The molecular formula is C14H19BrN2O2. The van der Waals surface area contributed by atoms with E-state index in [1.54, 1.807) is 7.11 Å². The lowest BCUT2D eigenvalue weighted by Gasteiger charge is -2.17. The number of benzene rings is 1. The quantitative estimate of drug-likeness (QED) is 0.871. The van der Waals surface area contributed by atoms with Crippen LogP contribution >= 0.6 is 15.9 Å². The summed E-state index contributed by atoms with van der Waals surface area (Å²) in [5.74, 6) is 0.929. The number of nitrogens with one attached hydrogen (secondary N) is 1. The van der Waals surface area contributed by atoms with Gasteiger partial charge in [-0.15, -0.1) is 0 Å². The average molecular weight is 327 g/mol. The van der Waals surface area contributed by atoms with Crippen molar-refractivity contribution in [2.24, 2.45) is 0 Å². The molecule has 19 heavy (non-hydrogen) atoms. The fraction of sp³-hybridized carbons (Fsp3) is 0.500. The van der Waals surface area contributed by atoms with E-state index in [-0.39, 0.29) is 5.91 Å². The van der Waals surface area contributed by atoms with Gasteiger partial charge < -0.3 is 10.1 Å². The summed E-state index contributed by atoms with van der Waals surface area (Å²) in [6, 6.07) is 6.28. The van der Waals surface area contributed by atoms with Gasteiger partial charge in [0.25, 0.3) is 0 Å². The zero-order valence-corrected chi connectivity index (χ0v) is 12.9. The Morgan fingerprint density at radius 2 is 2.26 bits per heavy atom. The zero-order valence-electron chi connectivity index (χ0n) is 11.3. The first-order valence-electron chi connectivity index (χ1n) is 6.39. The summed E-state index contributed by atoms with van der Waals surface area (Å²) in [6.07, 6.45) is 2.24. The Morgan fingerprint density at radius 1 is 1.53 bits per heavy atom. The normalized spacial score (nSPS) is 14.5. The molecule has 0 radical (unpaired) electrons. The van der Waals surface area contributed by atoms with Crippen LogP contribution in [0.2, 0.25) is 0 Å². The van der Waals surface area contributed by atoms with Gasteiger partial charge in [-0.1, -0.05) is 15.9 Å². The second kappa shape index (κ2) is 6.39. The third kappa shape index (κ3) is 4.51. The third-order valence-electron chi connectivity index (χ3n) is 3.05. The molecule has 1 aliphatic rings. The smallest absolute Gasteiger partial charge is 0.234 e. The molecule has 0 spiro atoms. The SMILES string of the molecule is COc1ccc(Br)c(CN(C)CC(=O)NC2CC2)c1. The Labute approximate surface area is 122 Å². The van der Waals surface area contributed by atoms with E-state index in [0.29, 0.717) is 19.1 Å². The standard InChI is InChI=1S/C14H19BrN2O2/c1-17(9-14(18)16-11-3-4-11)8-10-7-12(19-2)5-6-13(10)15/h5-7,11H,3-4,8-9H2,1-2H3,(H,16,18). The minimum absolute atomic E-state index is 0.101. The van der Waals surface area contributed by atoms with Crippen LogP contribution in [0.1, 0.15) is 18.4 Å². The second-order valence-corrected chi connectivity index (χ2v) is 5.83. The molecule has 0 unspecified atom stereocenters. The molecule has 1 fully saturated rings. The van der Waals surface area contributed by atoms with Crippen molar-refractivity contribution in [3.63, 3.8) is 0 Å². The summed E-state index contributed by atoms with van der Waals surface area (Å²) in [5, 5.41) is 2.99. The fourth-order valence-corrected chi connectivity index (χ4v) is 2.26. The summed E-state index contributed by atoms with van der Waals surface area (Å²) in [5.41, 5.74) is 1.11. The molecule has 0 aliphatic heterocycles. The first-order valence-corrected chi connectivity index (χ1v) is 7.18. The van der Waals surface area contributed by atoms with Gasteiger partial charge in [-0.3, -0.25) is 9.69 Å². The molecule has 1 aliphatic carbocycles. The van der Waals surface area contributed by atoms with E-state index in [2.05, 4.69) is 21.2 Å². The number of carbonyl (C=O) groups excluding carboxylic acids is 1. The van der Waals surface area contributed by atoms with Gasteiger partial charge in [0.1, 0.15) is 5.75 Å². The van der Waals surface area contributed by atoms with Gasteiger partial charge in [0, 0.05) is 17.1 Å². The number of carbonyl (C=O) groups is 1. The third-order valence-corrected chi connectivity index (χ3v) is 3.82. The molecule has 1 aromatic carbocycles. The topological polar surface area (TPSA) is 41.6 Å². The van der Waals surface area contributed by atoms with Crippen LogP contribution in [0.3, 0.4) is 0 Å². The number of hydrogen-bond donors (Lipinski definition) is 1. The lowest BCUT2D eigenvalue weighted by atomic mass is 10.2. The maximum Gasteiger partial charge on any atom is 0.234 e. The van der Waals surface area contributed by atoms with Crippen molar-refractivity contribution in [2.75, 3.05) is 20.7 Å². The average Bonchev–Trinajstić information content (AvgIpc) is 3.15. The number of nitrogens with zero attached hydrogens (tertiary/aromatic N) is 1. The van der Waals surface area contributed by atoms with E-state index in [4.69, 9.17) is 4.74 Å². The number of amides is 1. The Balaban J connectivity index is 1.89. The first kappa shape index (κ1) is 14.3. The van der Waals surface area contributed by atoms with E-state index in [9.17, 15) is 4.79 Å². The van der Waals surface area contributed by atoms with Gasteiger partial charge in [-0.25, -0.2) is 0 Å². The molecule has 0 saturated heterocycles. The van der Waals surface area contributed by atoms with Gasteiger partial charge in [-0.05, 0) is 43.7 Å². The van der Waals surface area contributed by atoms with E-state index in [0.717, 1.165) is 28.6 Å². The predicted octanol–water partition coefficient (Wildman–Crippen LogP) is 2.17. The number of hydrogen-bond acceptors (Lipinski definition) is 3. The number of rotatable bonds is 6. The van der Waals surface area contributed by atoms with Gasteiger partial charge >= 0.3 is 0 Å². The number of methoxy groups -OCH3 is 1. The molecule has 1 saturated carbocycles. The molecule has 0 heterocycles. The highest BCUT2D eigenvalue weighted by atomic mass is 79.9. The minimum atomic E-state index is 0.101. The largest absolute Gasteiger partial charge is 0.497 e. The Kier molecular flexibility index (Phi) is 4.82. The molecule has 5 heteroatoms. The Morgan fingerprint density at radius 3 is 2.89 bits per heavy atom. The van der Waals surface area contributed by atoms with E-state index in [1.165, 1.54) is 0 Å². The summed E-state index contributed by atoms with van der Waals surface area (Å²) < 4.78 is 6.25. The number of likely N-dealkylation sites (N-methyl/N-ethyl adjacent to an activating group) is 1. The highest BCUT2D eigenvalue weighted by Crippen LogP contribution is 2.23. The van der Waals surface area contributed by atoms with Crippen molar-refractivity contribution in [3.05, 3.63) is 28.2 Å². The van der Waals surface area contributed by atoms with Crippen LogP contribution < -0.4 is 10.1 Å². The monoisotopic (exact) mass is 326 g/mol. The summed E-state index contributed by atoms with van der Waals surface area (Å²) >= 11 is 3.52. The summed E-state index contributed by atoms with van der Waals surface area (Å²) in [6.45, 7) is 1.12. The number of ether oxygens (including phenoxy) is 1. The maximum atomic E-state index is 11.7. The van der Waals surface area contributed by atoms with Crippen molar-refractivity contribution in [3.8, 4) is 5.75 Å². The minimum Gasteiger partial charge on any atom is -0.497 e. The molecule has 1 N–H and O–H groups in total. The second-order valence-electron chi connectivity index (χ2n) is 4.97. The van der Waals surface area contributed by atoms with Crippen molar-refractivity contribution in [1.82, 2.24) is 10.2 Å². The highest BCUT2D eigenvalue weighted by Gasteiger charge is 2.23. The van der Waals surface area contributed by atoms with Crippen molar-refractivity contribution in [1.29, 1.82) is 0 Å². The van der Waals surface area contributed by atoms with Crippen molar-refractivity contribution >= 4 is 21.8 Å². The Hall–Kier alpha value is -1.07. The van der Waals surface area contributed by atoms with Crippen LogP contribution in [0.15, 0.2) is 22.7 Å². The van der Waals surface area contributed by atoms with Crippen molar-refractivity contribution in [2.45, 2.75) is 25.4 Å². The molecular weight excluding hydrogens is 308 g/mol. The van der Waals surface area contributed by atoms with Crippen LogP contribution in [-0.4, -0.2) is 37.6 Å². The van der Waals surface area contributed by atoms with Crippen molar-refractivity contribution < 1.29 is 9.53 Å². The lowest BCUT2D eigenvalue weighted by molar-refractivity contribution is -0.122. The van der Waals surface area contributed by atoms with Crippen LogP contribution in [0.4, 0.5) is 0 Å². The van der Waals surface area contributed by atoms with Crippen LogP contribution in [-0.2, 0) is 11.3 Å². The lowest BCUT2D eigenvalue weighted by Crippen LogP contribution is -2.36. The molecule has 0 atom stereocenters. The van der Waals surface area contributed by atoms with Gasteiger partial charge in [0.2, 0.25) is 5.91 Å². The Bertz CT molecular complexity index is 461. The fourth-order valence-electron chi connectivity index (χ4n) is 1.89. The summed E-state index contributed by atoms with van der Waals surface area (Å²) in [7, 11) is 3.60. The molecule has 1 aromatic rings. The van der Waals surface area contributed by atoms with Crippen LogP contribution in [0.25, 0.3) is 0 Å². The van der Waals surface area contributed by atoms with E-state index >= 15 is 0 Å². The van der Waals surface area contributed by atoms with Gasteiger partial charge in [-0.2, -0.15) is 0 Å². The molecule has 0 aromatic heterocycles. The molecule has 1 amide bonds. The summed E-state index contributed by atoms with van der Waals surface area (Å²) in [4.78, 5) is 13.7. The molecule has 4 nitrogen and oxygen atoms in total. The van der Waals surface area contributed by atoms with E-state index in [1.807, 2.05) is 30.1 Å².